The van der Waals surface area contributed by atoms with Crippen molar-refractivity contribution in [1.82, 2.24) is 4.57 Å². The van der Waals surface area contributed by atoms with Gasteiger partial charge in [0.15, 0.2) is 6.10 Å². The van der Waals surface area contributed by atoms with Gasteiger partial charge in [-0.15, -0.1) is 0 Å². The Morgan fingerprint density at radius 3 is 2.82 bits per heavy atom. The molecule has 4 heteroatoms. The summed E-state index contributed by atoms with van der Waals surface area (Å²) in [6, 6.07) is 3.39. The number of amides is 1. The zero-order chi connectivity index (χ0) is 8.43. The van der Waals surface area contributed by atoms with Gasteiger partial charge in [-0.1, -0.05) is 0 Å². The molecule has 4 nitrogen and oxygen atoms in total. The SMILES string of the molecule is Cn1cccc1C(O)C(N)=O. The fourth-order valence-corrected chi connectivity index (χ4v) is 0.904. The Bertz CT molecular complexity index is 267. The van der Waals surface area contributed by atoms with Crippen molar-refractivity contribution in [3.8, 4) is 0 Å². The molecule has 0 fully saturated rings. The topological polar surface area (TPSA) is 68.2 Å². The number of hydrogen-bond donors (Lipinski definition) is 2. The summed E-state index contributed by atoms with van der Waals surface area (Å²) in [5, 5.41) is 9.17. The molecule has 1 unspecified atom stereocenters. The summed E-state index contributed by atoms with van der Waals surface area (Å²) in [5.74, 6) is -0.730. The Balaban J connectivity index is 2.92. The van der Waals surface area contributed by atoms with Crippen molar-refractivity contribution in [2.24, 2.45) is 12.8 Å². The number of carbonyl (C=O) groups excluding carboxylic acids is 1. The minimum Gasteiger partial charge on any atom is -0.377 e. The third-order valence-corrected chi connectivity index (χ3v) is 1.53. The summed E-state index contributed by atoms with van der Waals surface area (Å²) < 4.78 is 1.65. The quantitative estimate of drug-likeness (QED) is 0.605. The minimum atomic E-state index is -1.20. The van der Waals surface area contributed by atoms with E-state index < -0.39 is 12.0 Å². The van der Waals surface area contributed by atoms with E-state index in [2.05, 4.69) is 0 Å². The minimum absolute atomic E-state index is 0.512. The van der Waals surface area contributed by atoms with Gasteiger partial charge in [-0.25, -0.2) is 0 Å². The van der Waals surface area contributed by atoms with Gasteiger partial charge in [0.25, 0.3) is 5.91 Å². The van der Waals surface area contributed by atoms with E-state index in [-0.39, 0.29) is 0 Å². The molecule has 1 heterocycles. The monoisotopic (exact) mass is 154 g/mol. The molecule has 1 rings (SSSR count). The van der Waals surface area contributed by atoms with Gasteiger partial charge in [-0.3, -0.25) is 4.79 Å². The van der Waals surface area contributed by atoms with Crippen LogP contribution in [-0.4, -0.2) is 15.6 Å². The highest BCUT2D eigenvalue weighted by molar-refractivity contribution is 5.79. The lowest BCUT2D eigenvalue weighted by molar-refractivity contribution is -0.126. The van der Waals surface area contributed by atoms with E-state index in [1.807, 2.05) is 0 Å². The maximum absolute atomic E-state index is 10.5. The van der Waals surface area contributed by atoms with Crippen LogP contribution < -0.4 is 5.73 Å². The number of primary amides is 1. The van der Waals surface area contributed by atoms with E-state index in [9.17, 15) is 9.90 Å². The summed E-state index contributed by atoms with van der Waals surface area (Å²) in [6.45, 7) is 0. The van der Waals surface area contributed by atoms with Gasteiger partial charge in [0.05, 0.1) is 5.69 Å². The average Bonchev–Trinajstić information content (AvgIpc) is 2.33. The lowest BCUT2D eigenvalue weighted by Crippen LogP contribution is -2.22. The Morgan fingerprint density at radius 2 is 2.45 bits per heavy atom. The number of aliphatic hydroxyl groups is 1. The second-order valence-electron chi connectivity index (χ2n) is 2.35. The van der Waals surface area contributed by atoms with Crippen LogP contribution in [0.25, 0.3) is 0 Å². The molecule has 0 spiro atoms. The van der Waals surface area contributed by atoms with Gasteiger partial charge in [0, 0.05) is 13.2 Å². The Labute approximate surface area is 64.2 Å². The lowest BCUT2D eigenvalue weighted by Gasteiger charge is -2.06. The first kappa shape index (κ1) is 7.81. The van der Waals surface area contributed by atoms with E-state index in [4.69, 9.17) is 5.73 Å². The first-order chi connectivity index (χ1) is 5.13. The van der Waals surface area contributed by atoms with Crippen molar-refractivity contribution < 1.29 is 9.90 Å². The van der Waals surface area contributed by atoms with Crippen LogP contribution in [0.5, 0.6) is 0 Å². The summed E-state index contributed by atoms with van der Waals surface area (Å²) in [6.07, 6.45) is 0.539. The molecule has 0 saturated heterocycles. The van der Waals surface area contributed by atoms with Gasteiger partial charge in [-0.2, -0.15) is 0 Å². The van der Waals surface area contributed by atoms with Crippen LogP contribution in [-0.2, 0) is 11.8 Å². The molecular formula is C7H10N2O2. The molecular weight excluding hydrogens is 144 g/mol. The Morgan fingerprint density at radius 1 is 1.82 bits per heavy atom. The highest BCUT2D eigenvalue weighted by Gasteiger charge is 2.15. The van der Waals surface area contributed by atoms with Gasteiger partial charge in [0.2, 0.25) is 0 Å². The van der Waals surface area contributed by atoms with Crippen molar-refractivity contribution in [2.45, 2.75) is 6.10 Å². The maximum Gasteiger partial charge on any atom is 0.252 e. The second-order valence-corrected chi connectivity index (χ2v) is 2.35. The molecule has 0 saturated carbocycles. The van der Waals surface area contributed by atoms with Crippen molar-refractivity contribution in [3.05, 3.63) is 24.0 Å². The third-order valence-electron chi connectivity index (χ3n) is 1.53. The molecule has 3 N–H and O–H groups in total. The number of carbonyl (C=O) groups is 1. The zero-order valence-corrected chi connectivity index (χ0v) is 6.19. The van der Waals surface area contributed by atoms with Crippen molar-refractivity contribution >= 4 is 5.91 Å². The number of hydrogen-bond acceptors (Lipinski definition) is 2. The zero-order valence-electron chi connectivity index (χ0n) is 6.19. The normalized spacial score (nSPS) is 12.9. The van der Waals surface area contributed by atoms with E-state index in [1.54, 1.807) is 29.9 Å². The molecule has 11 heavy (non-hydrogen) atoms. The van der Waals surface area contributed by atoms with E-state index >= 15 is 0 Å². The molecule has 1 aromatic rings. The predicted octanol–water partition coefficient (Wildman–Crippen LogP) is -0.456. The summed E-state index contributed by atoms with van der Waals surface area (Å²) in [4.78, 5) is 10.5. The van der Waals surface area contributed by atoms with E-state index in [0.717, 1.165) is 0 Å². The Kier molecular flexibility index (Phi) is 1.96. The molecule has 1 atom stereocenters. The molecule has 0 aliphatic carbocycles. The van der Waals surface area contributed by atoms with Gasteiger partial charge >= 0.3 is 0 Å². The molecule has 0 aliphatic heterocycles. The Hall–Kier alpha value is -1.29. The highest BCUT2D eigenvalue weighted by Crippen LogP contribution is 2.10. The number of rotatable bonds is 2. The molecule has 0 radical (unpaired) electrons. The van der Waals surface area contributed by atoms with Crippen LogP contribution in [0.2, 0.25) is 0 Å². The van der Waals surface area contributed by atoms with E-state index in [1.165, 1.54) is 0 Å². The van der Waals surface area contributed by atoms with Crippen molar-refractivity contribution in [3.63, 3.8) is 0 Å². The number of aryl methyl sites for hydroxylation is 1. The maximum atomic E-state index is 10.5. The number of nitrogens with zero attached hydrogens (tertiary/aromatic N) is 1. The van der Waals surface area contributed by atoms with Gasteiger partial charge in [0.1, 0.15) is 0 Å². The third kappa shape index (κ3) is 1.40. The van der Waals surface area contributed by atoms with Gasteiger partial charge < -0.3 is 15.4 Å². The van der Waals surface area contributed by atoms with Crippen LogP contribution in [0.3, 0.4) is 0 Å². The van der Waals surface area contributed by atoms with E-state index in [0.29, 0.717) is 5.69 Å². The average molecular weight is 154 g/mol. The molecule has 0 aromatic carbocycles. The first-order valence-corrected chi connectivity index (χ1v) is 3.21. The number of aliphatic hydroxyl groups excluding tert-OH is 1. The standard InChI is InChI=1S/C7H10N2O2/c1-9-4-2-3-5(9)6(10)7(8)11/h2-4,6,10H,1H3,(H2,8,11). The molecule has 1 amide bonds. The number of nitrogens with two attached hydrogens (primary N) is 1. The molecule has 60 valence electrons. The smallest absolute Gasteiger partial charge is 0.252 e. The van der Waals surface area contributed by atoms with Crippen LogP contribution in [0, 0.1) is 0 Å². The summed E-state index contributed by atoms with van der Waals surface area (Å²) in [7, 11) is 1.74. The lowest BCUT2D eigenvalue weighted by atomic mass is 10.2. The van der Waals surface area contributed by atoms with Crippen molar-refractivity contribution in [2.75, 3.05) is 0 Å². The fraction of sp³-hybridized carbons (Fsp3) is 0.286. The van der Waals surface area contributed by atoms with Crippen LogP contribution in [0.1, 0.15) is 11.8 Å². The highest BCUT2D eigenvalue weighted by atomic mass is 16.3. The first-order valence-electron chi connectivity index (χ1n) is 3.21. The van der Waals surface area contributed by atoms with Crippen molar-refractivity contribution in [1.29, 1.82) is 0 Å². The molecule has 0 bridgehead atoms. The van der Waals surface area contributed by atoms with Crippen LogP contribution in [0.4, 0.5) is 0 Å². The van der Waals surface area contributed by atoms with Crippen LogP contribution in [0.15, 0.2) is 18.3 Å². The molecule has 0 aliphatic rings. The number of aromatic nitrogens is 1. The predicted molar refractivity (Wildman–Crippen MR) is 39.6 cm³/mol. The largest absolute Gasteiger partial charge is 0.377 e. The summed E-state index contributed by atoms with van der Waals surface area (Å²) in [5.41, 5.74) is 5.41. The summed E-state index contributed by atoms with van der Waals surface area (Å²) >= 11 is 0. The molecule has 1 aromatic heterocycles. The van der Waals surface area contributed by atoms with Gasteiger partial charge in [-0.05, 0) is 12.1 Å². The fourth-order valence-electron chi connectivity index (χ4n) is 0.904. The second kappa shape index (κ2) is 2.75. The van der Waals surface area contributed by atoms with Crippen LogP contribution >= 0.6 is 0 Å².